The Morgan fingerprint density at radius 1 is 1.27 bits per heavy atom. The molecular weight excluding hydrogens is 191 g/mol. The van der Waals surface area contributed by atoms with Gasteiger partial charge in [0, 0.05) is 0 Å². The molecule has 0 saturated heterocycles. The smallest absolute Gasteiger partial charge is 1.00 e. The Balaban J connectivity index is -0.000000845. The van der Waals surface area contributed by atoms with Gasteiger partial charge in [0.05, 0.1) is 0 Å². The average Bonchev–Trinajstić information content (AvgIpc) is 2.11. The first-order chi connectivity index (χ1) is 6.43. The number of carbonyl (C=O) groups is 2. The summed E-state index contributed by atoms with van der Waals surface area (Å²) < 4.78 is 0. The number of hydrogen-bond acceptors (Lipinski definition) is 2. The summed E-state index contributed by atoms with van der Waals surface area (Å²) in [7, 11) is 0. The largest absolute Gasteiger partial charge is 1.00 e. The monoisotopic (exact) mass is 210 g/mol. The number of carboxylic acids is 2. The summed E-state index contributed by atoms with van der Waals surface area (Å²) in [5, 5.41) is 18.1. The van der Waals surface area contributed by atoms with Gasteiger partial charge >= 0.3 is 30.8 Å². The van der Waals surface area contributed by atoms with Crippen LogP contribution in [0.3, 0.4) is 0 Å². The molecule has 1 unspecified atom stereocenters. The van der Waals surface area contributed by atoms with Crippen molar-refractivity contribution in [3.8, 4) is 0 Å². The fourth-order valence-electron chi connectivity index (χ4n) is 1.72. The Morgan fingerprint density at radius 2 is 1.67 bits per heavy atom. The minimum atomic E-state index is -1.61. The van der Waals surface area contributed by atoms with Crippen LogP contribution in [-0.2, 0) is 9.59 Å². The maximum Gasteiger partial charge on any atom is 1.00 e. The molecule has 0 fully saturated rings. The van der Waals surface area contributed by atoms with E-state index < -0.39 is 17.4 Å². The first-order valence-electron chi connectivity index (χ1n) is 4.90. The van der Waals surface area contributed by atoms with Gasteiger partial charge in [0.2, 0.25) is 0 Å². The van der Waals surface area contributed by atoms with Crippen molar-refractivity contribution in [1.29, 1.82) is 0 Å². The number of carboxylic acid groups (broad SMARTS) is 2. The Labute approximate surface area is 104 Å². The molecule has 0 rings (SSSR count). The summed E-state index contributed by atoms with van der Waals surface area (Å²) >= 11 is 0. The predicted octanol–water partition coefficient (Wildman–Crippen LogP) is -0.895. The van der Waals surface area contributed by atoms with Crippen molar-refractivity contribution in [1.82, 2.24) is 0 Å². The van der Waals surface area contributed by atoms with E-state index in [9.17, 15) is 9.59 Å². The van der Waals surface area contributed by atoms with Crippen molar-refractivity contribution in [2.75, 3.05) is 0 Å². The summed E-state index contributed by atoms with van der Waals surface area (Å²) in [5.41, 5.74) is -1.61. The second kappa shape index (κ2) is 6.92. The second-order valence-electron chi connectivity index (χ2n) is 3.64. The van der Waals surface area contributed by atoms with Crippen LogP contribution in [0.5, 0.6) is 0 Å². The van der Waals surface area contributed by atoms with Gasteiger partial charge in [-0.1, -0.05) is 33.6 Å². The van der Waals surface area contributed by atoms with E-state index in [1.807, 2.05) is 0 Å². The van der Waals surface area contributed by atoms with Gasteiger partial charge in [-0.25, -0.2) is 0 Å². The minimum absolute atomic E-state index is 0. The van der Waals surface area contributed by atoms with E-state index in [-0.39, 0.29) is 32.6 Å². The molecule has 0 radical (unpaired) electrons. The van der Waals surface area contributed by atoms with Crippen LogP contribution in [0.4, 0.5) is 0 Å². The third-order valence-corrected chi connectivity index (χ3v) is 2.86. The van der Waals surface area contributed by atoms with Crippen LogP contribution < -0.4 is 18.9 Å². The fraction of sp³-hybridized carbons (Fsp3) is 0.800. The number of hydrogen-bond donors (Lipinski definition) is 2. The van der Waals surface area contributed by atoms with E-state index in [0.717, 1.165) is 0 Å². The maximum atomic E-state index is 11.1. The van der Waals surface area contributed by atoms with Gasteiger partial charge < -0.3 is 11.6 Å². The molecule has 0 amide bonds. The van der Waals surface area contributed by atoms with Gasteiger partial charge in [0.25, 0.3) is 0 Å². The molecule has 15 heavy (non-hydrogen) atoms. The van der Waals surface area contributed by atoms with Gasteiger partial charge in [-0.2, -0.15) is 0 Å². The van der Waals surface area contributed by atoms with Crippen molar-refractivity contribution in [3.05, 3.63) is 0 Å². The maximum absolute atomic E-state index is 11.1. The number of rotatable bonds is 6. The molecule has 0 aromatic heterocycles. The second-order valence-corrected chi connectivity index (χ2v) is 3.64. The summed E-state index contributed by atoms with van der Waals surface area (Å²) in [4.78, 5) is 22.1. The normalized spacial score (nSPS) is 12.7. The zero-order valence-electron chi connectivity index (χ0n) is 10.9. The van der Waals surface area contributed by atoms with E-state index in [1.165, 1.54) is 0 Å². The molecule has 0 aromatic carbocycles. The molecule has 0 heterocycles. The third-order valence-electron chi connectivity index (χ3n) is 2.86. The van der Waals surface area contributed by atoms with Crippen molar-refractivity contribution >= 4 is 11.9 Å². The van der Waals surface area contributed by atoms with Gasteiger partial charge in [0.1, 0.15) is 0 Å². The van der Waals surface area contributed by atoms with E-state index in [1.54, 1.807) is 20.8 Å². The van der Waals surface area contributed by atoms with Crippen LogP contribution >= 0.6 is 0 Å². The Kier molecular flexibility index (Phi) is 7.82. The van der Waals surface area contributed by atoms with Crippen molar-refractivity contribution in [2.45, 2.75) is 40.0 Å². The molecule has 0 aliphatic heterocycles. The molecule has 0 aliphatic carbocycles. The van der Waals surface area contributed by atoms with Gasteiger partial charge in [0.15, 0.2) is 5.41 Å². The van der Waals surface area contributed by atoms with E-state index in [0.29, 0.717) is 12.8 Å². The molecule has 84 valence electrons. The summed E-state index contributed by atoms with van der Waals surface area (Å²) in [6.45, 7) is 5.28. The van der Waals surface area contributed by atoms with Crippen molar-refractivity contribution < 1.29 is 40.1 Å². The molecule has 0 bridgehead atoms. The first-order valence-corrected chi connectivity index (χ1v) is 4.90. The number of aliphatic carboxylic acids is 2. The minimum Gasteiger partial charge on any atom is -1.00 e. The van der Waals surface area contributed by atoms with Crippen LogP contribution in [0.1, 0.15) is 41.5 Å². The predicted molar refractivity (Wildman–Crippen MR) is 53.2 cm³/mol. The standard InChI is InChI=1S/C10H18O4.Li.H/c1-4-6-10(8(11)12,9(13)14)7(3)5-2;;/h7H,4-6H2,1-3H3,(H,11,12)(H,13,14);;/q;+1;-1. The van der Waals surface area contributed by atoms with Crippen LogP contribution in [0.2, 0.25) is 0 Å². The SMILES string of the molecule is CCCC(C(=O)O)(C(=O)O)C(C)CC.[H-].[Li+]. The molecule has 1 atom stereocenters. The molecule has 0 spiro atoms. The van der Waals surface area contributed by atoms with E-state index >= 15 is 0 Å². The van der Waals surface area contributed by atoms with Crippen LogP contribution in [0, 0.1) is 11.3 Å². The van der Waals surface area contributed by atoms with E-state index in [4.69, 9.17) is 10.2 Å². The zero-order valence-corrected chi connectivity index (χ0v) is 9.91. The summed E-state index contributed by atoms with van der Waals surface area (Å²) in [6.07, 6.45) is 1.30. The van der Waals surface area contributed by atoms with Crippen LogP contribution in [0.15, 0.2) is 0 Å². The van der Waals surface area contributed by atoms with Gasteiger partial charge in [-0.15, -0.1) is 0 Å². The Morgan fingerprint density at radius 3 is 1.87 bits per heavy atom. The van der Waals surface area contributed by atoms with Crippen LogP contribution in [-0.4, -0.2) is 22.2 Å². The molecule has 0 saturated carbocycles. The molecule has 4 nitrogen and oxygen atoms in total. The third kappa shape index (κ3) is 3.25. The van der Waals surface area contributed by atoms with Crippen molar-refractivity contribution in [3.63, 3.8) is 0 Å². The fourth-order valence-corrected chi connectivity index (χ4v) is 1.72. The Bertz CT molecular complexity index is 219. The van der Waals surface area contributed by atoms with E-state index in [2.05, 4.69) is 0 Å². The van der Waals surface area contributed by atoms with Crippen molar-refractivity contribution in [2.24, 2.45) is 11.3 Å². The zero-order chi connectivity index (χ0) is 11.4. The topological polar surface area (TPSA) is 74.6 Å². The van der Waals surface area contributed by atoms with Crippen LogP contribution in [0.25, 0.3) is 0 Å². The summed E-state index contributed by atoms with van der Waals surface area (Å²) in [5.74, 6) is -2.79. The summed E-state index contributed by atoms with van der Waals surface area (Å²) in [6, 6.07) is 0. The molecule has 0 aromatic rings. The molecule has 2 N–H and O–H groups in total. The van der Waals surface area contributed by atoms with Gasteiger partial charge in [-0.05, 0) is 12.3 Å². The average molecular weight is 210 g/mol. The van der Waals surface area contributed by atoms with Gasteiger partial charge in [-0.3, -0.25) is 9.59 Å². The quantitative estimate of drug-likeness (QED) is 0.440. The molecular formula is C10H19LiO4. The Hall–Kier alpha value is -0.463. The molecule has 5 heteroatoms. The first kappa shape index (κ1) is 16.9. The molecule has 0 aliphatic rings.